The molecule has 4 rings (SSSR count). The standard InChI is InChI=1S/C27H28FN3O5/c1-2-35-27(34)21-12-14-31(15-13-21)26(33)22-17-36-25(30-22)20-10-8-18(9-11-20)16-29-24(32)23(28)19-6-4-3-5-7-19/h3-11,17,21,23H,2,12-16H2,1H3,(H,29,32). The first-order valence-electron chi connectivity index (χ1n) is 11.9. The van der Waals surface area contributed by atoms with Crippen molar-refractivity contribution in [3.05, 3.63) is 77.7 Å². The predicted octanol–water partition coefficient (Wildman–Crippen LogP) is 4.08. The lowest BCUT2D eigenvalue weighted by Crippen LogP contribution is -2.40. The van der Waals surface area contributed by atoms with Gasteiger partial charge in [0.2, 0.25) is 12.1 Å². The summed E-state index contributed by atoms with van der Waals surface area (Å²) in [6.45, 7) is 3.20. The van der Waals surface area contributed by atoms with Crippen molar-refractivity contribution in [1.82, 2.24) is 15.2 Å². The summed E-state index contributed by atoms with van der Waals surface area (Å²) in [5, 5.41) is 2.60. The Balaban J connectivity index is 1.30. The van der Waals surface area contributed by atoms with E-state index in [1.165, 1.54) is 6.26 Å². The van der Waals surface area contributed by atoms with Gasteiger partial charge in [-0.15, -0.1) is 0 Å². The van der Waals surface area contributed by atoms with E-state index >= 15 is 0 Å². The molecule has 8 nitrogen and oxygen atoms in total. The number of oxazole rings is 1. The van der Waals surface area contributed by atoms with Crippen LogP contribution in [0.15, 0.2) is 65.3 Å². The zero-order valence-corrected chi connectivity index (χ0v) is 20.0. The minimum atomic E-state index is -1.73. The molecular weight excluding hydrogens is 465 g/mol. The summed E-state index contributed by atoms with van der Waals surface area (Å²) < 4.78 is 24.9. The predicted molar refractivity (Wildman–Crippen MR) is 129 cm³/mol. The molecule has 9 heteroatoms. The lowest BCUT2D eigenvalue weighted by Gasteiger charge is -2.30. The quantitative estimate of drug-likeness (QED) is 0.475. The van der Waals surface area contributed by atoms with Crippen molar-refractivity contribution in [1.29, 1.82) is 0 Å². The number of nitrogens with one attached hydrogen (secondary N) is 1. The van der Waals surface area contributed by atoms with Gasteiger partial charge in [0.25, 0.3) is 11.8 Å². The monoisotopic (exact) mass is 493 g/mol. The van der Waals surface area contributed by atoms with Crippen LogP contribution in [0.4, 0.5) is 4.39 Å². The highest BCUT2D eigenvalue weighted by atomic mass is 19.1. The van der Waals surface area contributed by atoms with Gasteiger partial charge in [-0.2, -0.15) is 0 Å². The highest BCUT2D eigenvalue weighted by Crippen LogP contribution is 2.23. The third kappa shape index (κ3) is 5.97. The smallest absolute Gasteiger partial charge is 0.309 e. The molecule has 0 saturated carbocycles. The lowest BCUT2D eigenvalue weighted by atomic mass is 9.97. The van der Waals surface area contributed by atoms with Gasteiger partial charge >= 0.3 is 5.97 Å². The van der Waals surface area contributed by atoms with E-state index in [0.29, 0.717) is 49.6 Å². The first kappa shape index (κ1) is 25.1. The van der Waals surface area contributed by atoms with Crippen molar-refractivity contribution in [3.8, 4) is 11.5 Å². The van der Waals surface area contributed by atoms with E-state index in [1.807, 2.05) is 0 Å². The minimum Gasteiger partial charge on any atom is -0.466 e. The fourth-order valence-corrected chi connectivity index (χ4v) is 4.06. The number of nitrogens with zero attached hydrogens (tertiary/aromatic N) is 2. The van der Waals surface area contributed by atoms with Crippen LogP contribution in [-0.4, -0.2) is 47.4 Å². The Bertz CT molecular complexity index is 1190. The zero-order valence-electron chi connectivity index (χ0n) is 20.0. The van der Waals surface area contributed by atoms with Crippen LogP contribution in [0, 0.1) is 5.92 Å². The van der Waals surface area contributed by atoms with Crippen LogP contribution >= 0.6 is 0 Å². The summed E-state index contributed by atoms with van der Waals surface area (Å²) in [7, 11) is 0. The molecule has 2 aromatic carbocycles. The van der Waals surface area contributed by atoms with E-state index in [4.69, 9.17) is 9.15 Å². The highest BCUT2D eigenvalue weighted by molar-refractivity contribution is 5.92. The molecule has 1 saturated heterocycles. The minimum absolute atomic E-state index is 0.170. The molecule has 2 heterocycles. The molecule has 2 amide bonds. The Kier molecular flexibility index (Phi) is 8.10. The number of halogens is 1. The SMILES string of the molecule is CCOC(=O)C1CCN(C(=O)c2coc(-c3ccc(CNC(=O)C(F)c4ccccc4)cc3)n2)CC1. The van der Waals surface area contributed by atoms with E-state index in [9.17, 15) is 18.8 Å². The summed E-state index contributed by atoms with van der Waals surface area (Å²) in [4.78, 5) is 42.8. The molecule has 36 heavy (non-hydrogen) atoms. The fraction of sp³-hybridized carbons (Fsp3) is 0.333. The van der Waals surface area contributed by atoms with Gasteiger partial charge in [0.15, 0.2) is 5.69 Å². The molecular formula is C27H28FN3O5. The molecule has 1 N–H and O–H groups in total. The number of ether oxygens (including phenoxy) is 1. The molecule has 0 aliphatic carbocycles. The number of carbonyl (C=O) groups excluding carboxylic acids is 3. The topological polar surface area (TPSA) is 102 Å². The van der Waals surface area contributed by atoms with Crippen LogP contribution in [0.25, 0.3) is 11.5 Å². The lowest BCUT2D eigenvalue weighted by molar-refractivity contribution is -0.149. The normalized spacial score (nSPS) is 14.8. The van der Waals surface area contributed by atoms with Gasteiger partial charge in [-0.3, -0.25) is 14.4 Å². The van der Waals surface area contributed by atoms with E-state index in [-0.39, 0.29) is 30.0 Å². The van der Waals surface area contributed by atoms with E-state index in [0.717, 1.165) is 5.56 Å². The van der Waals surface area contributed by atoms with E-state index in [2.05, 4.69) is 10.3 Å². The maximum atomic E-state index is 14.3. The van der Waals surface area contributed by atoms with Crippen LogP contribution < -0.4 is 5.32 Å². The summed E-state index contributed by atoms with van der Waals surface area (Å²) in [5.41, 5.74) is 1.95. The molecule has 1 unspecified atom stereocenters. The van der Waals surface area contributed by atoms with Crippen LogP contribution in [-0.2, 0) is 20.9 Å². The molecule has 0 radical (unpaired) electrons. The van der Waals surface area contributed by atoms with Gasteiger partial charge in [-0.25, -0.2) is 9.37 Å². The van der Waals surface area contributed by atoms with Crippen LogP contribution in [0.5, 0.6) is 0 Å². The third-order valence-corrected chi connectivity index (χ3v) is 6.12. The molecule has 1 aliphatic heterocycles. The van der Waals surface area contributed by atoms with Gasteiger partial charge in [-0.05, 0) is 43.0 Å². The first-order valence-corrected chi connectivity index (χ1v) is 11.9. The van der Waals surface area contributed by atoms with Crippen LogP contribution in [0.3, 0.4) is 0 Å². The molecule has 1 aromatic heterocycles. The highest BCUT2D eigenvalue weighted by Gasteiger charge is 2.30. The maximum absolute atomic E-state index is 14.3. The van der Waals surface area contributed by atoms with Gasteiger partial charge in [0.05, 0.1) is 12.5 Å². The molecule has 1 atom stereocenters. The van der Waals surface area contributed by atoms with Crippen molar-refractivity contribution in [3.63, 3.8) is 0 Å². The number of piperidine rings is 1. The number of carbonyl (C=O) groups is 3. The number of hydrogen-bond donors (Lipinski definition) is 1. The van der Waals surface area contributed by atoms with Crippen LogP contribution in [0.1, 0.15) is 47.6 Å². The van der Waals surface area contributed by atoms with Crippen molar-refractivity contribution in [2.75, 3.05) is 19.7 Å². The maximum Gasteiger partial charge on any atom is 0.309 e. The summed E-state index contributed by atoms with van der Waals surface area (Å²) in [6, 6.07) is 15.3. The Hall–Kier alpha value is -4.01. The largest absolute Gasteiger partial charge is 0.466 e. The third-order valence-electron chi connectivity index (χ3n) is 6.12. The Morgan fingerprint density at radius 1 is 1.11 bits per heavy atom. The molecule has 3 aromatic rings. The van der Waals surface area contributed by atoms with E-state index < -0.39 is 12.1 Å². The summed E-state index contributed by atoms with van der Waals surface area (Å²) in [6.07, 6.45) is 0.710. The number of rotatable bonds is 8. The summed E-state index contributed by atoms with van der Waals surface area (Å²) in [5.74, 6) is -1.04. The second kappa shape index (κ2) is 11.6. The van der Waals surface area contributed by atoms with Gasteiger partial charge in [0.1, 0.15) is 6.26 Å². The van der Waals surface area contributed by atoms with Gasteiger partial charge in [0, 0.05) is 25.2 Å². The van der Waals surface area contributed by atoms with Gasteiger partial charge < -0.3 is 19.4 Å². The number of alkyl halides is 1. The molecule has 1 aliphatic rings. The molecule has 188 valence electrons. The Morgan fingerprint density at radius 2 is 1.81 bits per heavy atom. The van der Waals surface area contributed by atoms with Crippen molar-refractivity contribution in [2.45, 2.75) is 32.5 Å². The van der Waals surface area contributed by atoms with Gasteiger partial charge in [-0.1, -0.05) is 42.5 Å². The van der Waals surface area contributed by atoms with Crippen molar-refractivity contribution < 1.29 is 27.9 Å². The number of likely N-dealkylation sites (tertiary alicyclic amines) is 1. The second-order valence-electron chi connectivity index (χ2n) is 8.54. The molecule has 0 bridgehead atoms. The first-order chi connectivity index (χ1) is 17.5. The summed E-state index contributed by atoms with van der Waals surface area (Å²) >= 11 is 0. The second-order valence-corrected chi connectivity index (χ2v) is 8.54. The zero-order chi connectivity index (χ0) is 25.5. The van der Waals surface area contributed by atoms with Crippen molar-refractivity contribution >= 4 is 17.8 Å². The average Bonchev–Trinajstić information content (AvgIpc) is 3.42. The number of esters is 1. The average molecular weight is 494 g/mol. The Morgan fingerprint density at radius 3 is 2.47 bits per heavy atom. The van der Waals surface area contributed by atoms with E-state index in [1.54, 1.807) is 66.4 Å². The number of amides is 2. The number of hydrogen-bond acceptors (Lipinski definition) is 6. The molecule has 1 fully saturated rings. The number of aromatic nitrogens is 1. The Labute approximate surface area is 208 Å². The van der Waals surface area contributed by atoms with Crippen molar-refractivity contribution in [2.24, 2.45) is 5.92 Å². The fourth-order valence-electron chi connectivity index (χ4n) is 4.06. The number of benzene rings is 2. The molecule has 0 spiro atoms. The van der Waals surface area contributed by atoms with Crippen LogP contribution in [0.2, 0.25) is 0 Å².